The number of benzene rings is 1. The van der Waals surface area contributed by atoms with Gasteiger partial charge in [-0.1, -0.05) is 12.1 Å². The Labute approximate surface area is 189 Å². The van der Waals surface area contributed by atoms with Crippen molar-refractivity contribution in [1.29, 1.82) is 5.26 Å². The number of aromatic nitrogens is 1. The van der Waals surface area contributed by atoms with Gasteiger partial charge in [0, 0.05) is 31.9 Å². The lowest BCUT2D eigenvalue weighted by atomic mass is 9.75. The number of carbonyl (C=O) groups is 1. The van der Waals surface area contributed by atoms with Gasteiger partial charge in [0.05, 0.1) is 11.2 Å². The van der Waals surface area contributed by atoms with Crippen LogP contribution in [0.15, 0.2) is 42.6 Å². The highest BCUT2D eigenvalue weighted by Gasteiger charge is 2.40. The summed E-state index contributed by atoms with van der Waals surface area (Å²) in [6.07, 6.45) is 4.27. The van der Waals surface area contributed by atoms with Crippen molar-refractivity contribution >= 4 is 11.7 Å². The molecule has 3 rings (SSSR count). The number of hydrogen-bond donors (Lipinski definition) is 0. The van der Waals surface area contributed by atoms with E-state index in [0.29, 0.717) is 18.7 Å². The van der Waals surface area contributed by atoms with Crippen LogP contribution in [-0.4, -0.2) is 48.1 Å². The Hall–Kier alpha value is -2.98. The largest absolute Gasteiger partial charge is 0.360 e. The molecule has 1 atom stereocenters. The fourth-order valence-electron chi connectivity index (χ4n) is 4.21. The number of anilines is 1. The lowest BCUT2D eigenvalue weighted by Gasteiger charge is -2.42. The summed E-state index contributed by atoms with van der Waals surface area (Å²) in [4.78, 5) is 21.3. The van der Waals surface area contributed by atoms with E-state index in [2.05, 4.69) is 22.9 Å². The molecule has 6 nitrogen and oxygen atoms in total. The molecule has 1 saturated carbocycles. The maximum Gasteiger partial charge on any atom is 0.248 e. The zero-order chi connectivity index (χ0) is 23.1. The molecule has 0 aliphatic heterocycles. The van der Waals surface area contributed by atoms with E-state index < -0.39 is 5.60 Å². The summed E-state index contributed by atoms with van der Waals surface area (Å²) in [6.45, 7) is 7.91. The third-order valence-corrected chi connectivity index (χ3v) is 6.27. The summed E-state index contributed by atoms with van der Waals surface area (Å²) < 4.78 is 19.5. The van der Waals surface area contributed by atoms with E-state index in [1.807, 2.05) is 19.9 Å². The lowest BCUT2D eigenvalue weighted by Crippen LogP contribution is -2.47. The van der Waals surface area contributed by atoms with Crippen molar-refractivity contribution in [1.82, 2.24) is 9.88 Å². The van der Waals surface area contributed by atoms with Gasteiger partial charge in [-0.3, -0.25) is 4.79 Å². The van der Waals surface area contributed by atoms with Crippen molar-refractivity contribution < 1.29 is 13.9 Å². The molecule has 0 spiro atoms. The molecule has 7 heteroatoms. The third-order valence-electron chi connectivity index (χ3n) is 6.27. The van der Waals surface area contributed by atoms with Crippen LogP contribution in [0.5, 0.6) is 0 Å². The Morgan fingerprint density at radius 2 is 1.94 bits per heavy atom. The Balaban J connectivity index is 1.62. The average molecular weight is 439 g/mol. The summed E-state index contributed by atoms with van der Waals surface area (Å²) in [5.41, 5.74) is 0.959. The first kappa shape index (κ1) is 23.7. The molecule has 1 unspecified atom stereocenters. The summed E-state index contributed by atoms with van der Waals surface area (Å²) in [6, 6.07) is 12.1. The summed E-state index contributed by atoms with van der Waals surface area (Å²) in [5, 5.41) is 8.98. The minimum atomic E-state index is -0.490. The Kier molecular flexibility index (Phi) is 7.81. The maximum absolute atomic E-state index is 13.3. The Morgan fingerprint density at radius 3 is 2.44 bits per heavy atom. The van der Waals surface area contributed by atoms with Crippen LogP contribution in [0.1, 0.15) is 51.2 Å². The van der Waals surface area contributed by atoms with E-state index in [1.54, 1.807) is 29.3 Å². The lowest BCUT2D eigenvalue weighted by molar-refractivity contribution is -0.153. The highest BCUT2D eigenvalue weighted by molar-refractivity contribution is 5.77. The van der Waals surface area contributed by atoms with Gasteiger partial charge in [-0.2, -0.15) is 5.26 Å². The molecule has 170 valence electrons. The Morgan fingerprint density at radius 1 is 1.22 bits per heavy atom. The zero-order valence-corrected chi connectivity index (χ0v) is 19.1. The monoisotopic (exact) mass is 438 g/mol. The highest BCUT2D eigenvalue weighted by atomic mass is 19.1. The molecular formula is C25H31FN4O2. The normalized spacial score (nSPS) is 15.3. The van der Waals surface area contributed by atoms with Crippen LogP contribution in [0.25, 0.3) is 0 Å². The van der Waals surface area contributed by atoms with Crippen molar-refractivity contribution in [3.63, 3.8) is 0 Å². The number of amides is 1. The topological polar surface area (TPSA) is 69.5 Å². The molecule has 0 bridgehead atoms. The quantitative estimate of drug-likeness (QED) is 0.555. The van der Waals surface area contributed by atoms with E-state index in [0.717, 1.165) is 37.2 Å². The van der Waals surface area contributed by atoms with Crippen molar-refractivity contribution in [3.05, 3.63) is 59.5 Å². The van der Waals surface area contributed by atoms with Crippen LogP contribution >= 0.6 is 0 Å². The average Bonchev–Trinajstić information content (AvgIpc) is 2.78. The van der Waals surface area contributed by atoms with E-state index in [9.17, 15) is 9.18 Å². The predicted molar refractivity (Wildman–Crippen MR) is 122 cm³/mol. The molecule has 1 aliphatic rings. The standard InChI is InChI=1S/C25H31FN4O2/c1-4-29(17-19(3)30(5-2)23-12-7-20(15-27)16-28-23)24(31)18-32-25(13-6-14-25)21-8-10-22(26)11-9-21/h7-12,16,19H,4-6,13-14,17-18H2,1-3H3. The fraction of sp³-hybridized carbons (Fsp3) is 0.480. The molecule has 2 aromatic rings. The molecule has 0 saturated heterocycles. The molecule has 1 fully saturated rings. The number of halogens is 1. The van der Waals surface area contributed by atoms with E-state index in [1.165, 1.54) is 12.1 Å². The second-order valence-electron chi connectivity index (χ2n) is 8.23. The fourth-order valence-corrected chi connectivity index (χ4v) is 4.21. The van der Waals surface area contributed by atoms with Gasteiger partial charge >= 0.3 is 0 Å². The number of rotatable bonds is 10. The van der Waals surface area contributed by atoms with Gasteiger partial charge in [0.25, 0.3) is 0 Å². The second kappa shape index (κ2) is 10.6. The van der Waals surface area contributed by atoms with Crippen molar-refractivity contribution in [2.75, 3.05) is 31.1 Å². The van der Waals surface area contributed by atoms with Crippen molar-refractivity contribution in [3.8, 4) is 6.07 Å². The van der Waals surface area contributed by atoms with Gasteiger partial charge in [-0.25, -0.2) is 9.37 Å². The second-order valence-corrected chi connectivity index (χ2v) is 8.23. The molecule has 1 heterocycles. The summed E-state index contributed by atoms with van der Waals surface area (Å²) in [7, 11) is 0. The van der Waals surface area contributed by atoms with Gasteiger partial charge < -0.3 is 14.5 Å². The number of nitrogens with zero attached hydrogens (tertiary/aromatic N) is 4. The van der Waals surface area contributed by atoms with Crippen LogP contribution in [0, 0.1) is 17.1 Å². The van der Waals surface area contributed by atoms with E-state index >= 15 is 0 Å². The van der Waals surface area contributed by atoms with E-state index in [-0.39, 0.29) is 24.4 Å². The first-order valence-electron chi connectivity index (χ1n) is 11.2. The summed E-state index contributed by atoms with van der Waals surface area (Å²) >= 11 is 0. The van der Waals surface area contributed by atoms with Gasteiger partial charge in [-0.15, -0.1) is 0 Å². The molecule has 1 aromatic carbocycles. The van der Waals surface area contributed by atoms with Gasteiger partial charge in [0.2, 0.25) is 5.91 Å². The number of pyridine rings is 1. The van der Waals surface area contributed by atoms with Crippen LogP contribution in [-0.2, 0) is 15.1 Å². The van der Waals surface area contributed by atoms with E-state index in [4.69, 9.17) is 10.00 Å². The molecule has 1 aliphatic carbocycles. The molecule has 1 amide bonds. The predicted octanol–water partition coefficient (Wildman–Crippen LogP) is 4.25. The first-order chi connectivity index (χ1) is 15.4. The molecule has 32 heavy (non-hydrogen) atoms. The van der Waals surface area contributed by atoms with Crippen LogP contribution in [0.2, 0.25) is 0 Å². The molecule has 1 aromatic heterocycles. The number of ether oxygens (including phenoxy) is 1. The number of carbonyl (C=O) groups excluding carboxylic acids is 1. The van der Waals surface area contributed by atoms with Crippen LogP contribution < -0.4 is 4.90 Å². The van der Waals surface area contributed by atoms with Gasteiger partial charge in [0.15, 0.2) is 0 Å². The van der Waals surface area contributed by atoms with Gasteiger partial charge in [-0.05, 0) is 69.9 Å². The summed E-state index contributed by atoms with van der Waals surface area (Å²) in [5.74, 6) is 0.447. The maximum atomic E-state index is 13.3. The third kappa shape index (κ3) is 5.25. The highest BCUT2D eigenvalue weighted by Crippen LogP contribution is 2.44. The smallest absolute Gasteiger partial charge is 0.248 e. The number of nitriles is 1. The van der Waals surface area contributed by atoms with Crippen molar-refractivity contribution in [2.24, 2.45) is 0 Å². The van der Waals surface area contributed by atoms with Crippen molar-refractivity contribution in [2.45, 2.75) is 51.7 Å². The minimum absolute atomic E-state index is 0.000816. The number of hydrogen-bond acceptors (Lipinski definition) is 5. The Bertz CT molecular complexity index is 936. The zero-order valence-electron chi connectivity index (χ0n) is 19.1. The number of likely N-dealkylation sites (N-methyl/N-ethyl adjacent to an activating group) is 2. The minimum Gasteiger partial charge on any atom is -0.360 e. The van der Waals surface area contributed by atoms with Gasteiger partial charge in [0.1, 0.15) is 24.3 Å². The van der Waals surface area contributed by atoms with Crippen LogP contribution in [0.4, 0.5) is 10.2 Å². The molecule has 0 N–H and O–H groups in total. The SMILES string of the molecule is CCN(CC(C)N(CC)c1ccc(C#N)cn1)C(=O)COC1(c2ccc(F)cc2)CCC1. The van der Waals surface area contributed by atoms with Crippen LogP contribution in [0.3, 0.4) is 0 Å². The molecular weight excluding hydrogens is 407 g/mol. The first-order valence-corrected chi connectivity index (χ1v) is 11.2. The molecule has 0 radical (unpaired) electrons.